The van der Waals surface area contributed by atoms with Crippen LogP contribution in [0.25, 0.3) is 0 Å². The number of nitrogens with two attached hydrogens (primary N) is 1. The van der Waals surface area contributed by atoms with Crippen molar-refractivity contribution in [3.05, 3.63) is 27.9 Å². The molecule has 1 saturated carbocycles. The molecule has 1 aromatic heterocycles. The molecular weight excluding hydrogens is 272 g/mol. The average Bonchev–Trinajstić information content (AvgIpc) is 2.46. The number of rotatable bonds is 3. The van der Waals surface area contributed by atoms with Gasteiger partial charge in [0.15, 0.2) is 0 Å². The molecule has 0 spiro atoms. The summed E-state index contributed by atoms with van der Waals surface area (Å²) in [6, 6.07) is 1.35. The topological polar surface area (TPSA) is 102 Å². The Morgan fingerprint density at radius 2 is 2.14 bits per heavy atom. The fourth-order valence-electron chi connectivity index (χ4n) is 2.95. The Bertz CT molecular complexity index is 561. The molecule has 1 heterocycles. The van der Waals surface area contributed by atoms with Crippen molar-refractivity contribution < 1.29 is 9.72 Å². The summed E-state index contributed by atoms with van der Waals surface area (Å²) in [7, 11) is 1.73. The number of hydrogen-bond donors (Lipinski definition) is 1. The van der Waals surface area contributed by atoms with E-state index in [9.17, 15) is 14.9 Å². The highest BCUT2D eigenvalue weighted by Gasteiger charge is 2.30. The summed E-state index contributed by atoms with van der Waals surface area (Å²) in [6.07, 6.45) is 5.38. The van der Waals surface area contributed by atoms with Crippen LogP contribution in [0.5, 0.6) is 0 Å². The van der Waals surface area contributed by atoms with E-state index in [0.717, 1.165) is 25.5 Å². The Labute approximate surface area is 123 Å². The summed E-state index contributed by atoms with van der Waals surface area (Å²) in [5, 5.41) is 10.8. The first-order chi connectivity index (χ1) is 9.91. The zero-order chi connectivity index (χ0) is 15.6. The molecular formula is C14H20N4O3. The van der Waals surface area contributed by atoms with Crippen molar-refractivity contribution in [1.29, 1.82) is 0 Å². The molecule has 1 fully saturated rings. The lowest BCUT2D eigenvalue weighted by Gasteiger charge is -2.36. The van der Waals surface area contributed by atoms with Crippen LogP contribution < -0.4 is 5.73 Å². The molecule has 0 aliphatic heterocycles. The van der Waals surface area contributed by atoms with Gasteiger partial charge in [0.1, 0.15) is 12.0 Å². The second-order valence-electron chi connectivity index (χ2n) is 5.63. The van der Waals surface area contributed by atoms with Crippen molar-refractivity contribution >= 4 is 17.4 Å². The number of nitro groups is 1. The number of nitrogens with zero attached hydrogens (tertiary/aromatic N) is 3. The third-order valence-corrected chi connectivity index (χ3v) is 4.23. The Morgan fingerprint density at radius 1 is 1.48 bits per heavy atom. The lowest BCUT2D eigenvalue weighted by atomic mass is 9.85. The standard InChI is InChI=1S/C14H20N4O3/c1-9-5-3-4-6-12(9)17(2)14(19)11-7-10(18(20)21)8-16-13(11)15/h7-9,12H,3-6H2,1-2H3,(H2,15,16). The smallest absolute Gasteiger partial charge is 0.288 e. The maximum Gasteiger partial charge on any atom is 0.288 e. The third kappa shape index (κ3) is 3.12. The van der Waals surface area contributed by atoms with Crippen LogP contribution >= 0.6 is 0 Å². The quantitative estimate of drug-likeness (QED) is 0.679. The van der Waals surface area contributed by atoms with Crippen molar-refractivity contribution in [3.63, 3.8) is 0 Å². The van der Waals surface area contributed by atoms with Crippen LogP contribution in [0.2, 0.25) is 0 Å². The number of pyridine rings is 1. The van der Waals surface area contributed by atoms with Crippen molar-refractivity contribution in [2.24, 2.45) is 5.92 Å². The average molecular weight is 292 g/mol. The molecule has 1 amide bonds. The molecule has 2 N–H and O–H groups in total. The van der Waals surface area contributed by atoms with Gasteiger partial charge in [-0.15, -0.1) is 0 Å². The maximum atomic E-state index is 12.6. The molecule has 1 aromatic rings. The fourth-order valence-corrected chi connectivity index (χ4v) is 2.95. The molecule has 0 aromatic carbocycles. The first kappa shape index (κ1) is 15.2. The number of nitrogen functional groups attached to an aromatic ring is 1. The Hall–Kier alpha value is -2.18. The van der Waals surface area contributed by atoms with E-state index in [1.165, 1.54) is 12.5 Å². The summed E-state index contributed by atoms with van der Waals surface area (Å²) in [6.45, 7) is 2.13. The molecule has 2 rings (SSSR count). The van der Waals surface area contributed by atoms with Crippen LogP contribution in [-0.4, -0.2) is 33.8 Å². The van der Waals surface area contributed by atoms with E-state index in [2.05, 4.69) is 11.9 Å². The molecule has 7 heteroatoms. The number of hydrogen-bond acceptors (Lipinski definition) is 5. The fraction of sp³-hybridized carbons (Fsp3) is 0.571. The van der Waals surface area contributed by atoms with Crippen LogP contribution in [0.4, 0.5) is 11.5 Å². The van der Waals surface area contributed by atoms with Gasteiger partial charge in [-0.25, -0.2) is 4.98 Å². The van der Waals surface area contributed by atoms with Crippen molar-refractivity contribution in [2.45, 2.75) is 38.6 Å². The van der Waals surface area contributed by atoms with E-state index in [-0.39, 0.29) is 29.0 Å². The van der Waals surface area contributed by atoms with Gasteiger partial charge < -0.3 is 10.6 Å². The molecule has 114 valence electrons. The monoisotopic (exact) mass is 292 g/mol. The SMILES string of the molecule is CC1CCCCC1N(C)C(=O)c1cc([N+](=O)[O-])cnc1N. The van der Waals surface area contributed by atoms with Gasteiger partial charge in [0.05, 0.1) is 10.5 Å². The molecule has 0 saturated heterocycles. The van der Waals surface area contributed by atoms with E-state index >= 15 is 0 Å². The Kier molecular flexibility index (Phi) is 4.40. The second-order valence-corrected chi connectivity index (χ2v) is 5.63. The Morgan fingerprint density at radius 3 is 2.76 bits per heavy atom. The molecule has 2 atom stereocenters. The van der Waals surface area contributed by atoms with Crippen molar-refractivity contribution in [3.8, 4) is 0 Å². The highest BCUT2D eigenvalue weighted by Crippen LogP contribution is 2.29. The largest absolute Gasteiger partial charge is 0.383 e. The van der Waals surface area contributed by atoms with Gasteiger partial charge in [0.2, 0.25) is 0 Å². The predicted molar refractivity (Wildman–Crippen MR) is 78.8 cm³/mol. The zero-order valence-corrected chi connectivity index (χ0v) is 12.3. The van der Waals surface area contributed by atoms with Gasteiger partial charge in [0, 0.05) is 19.2 Å². The maximum absolute atomic E-state index is 12.6. The van der Waals surface area contributed by atoms with Crippen LogP contribution in [0, 0.1) is 16.0 Å². The summed E-state index contributed by atoms with van der Waals surface area (Å²) in [5.41, 5.74) is 5.59. The number of carbonyl (C=O) groups excluding carboxylic acids is 1. The lowest BCUT2D eigenvalue weighted by Crippen LogP contribution is -2.42. The number of aromatic nitrogens is 1. The highest BCUT2D eigenvalue weighted by molar-refractivity contribution is 5.98. The van der Waals surface area contributed by atoms with Gasteiger partial charge in [-0.2, -0.15) is 0 Å². The van der Waals surface area contributed by atoms with Gasteiger partial charge >= 0.3 is 0 Å². The van der Waals surface area contributed by atoms with E-state index in [1.807, 2.05) is 0 Å². The van der Waals surface area contributed by atoms with Gasteiger partial charge in [-0.3, -0.25) is 14.9 Å². The normalized spacial score (nSPS) is 21.8. The van der Waals surface area contributed by atoms with Crippen LogP contribution in [0.1, 0.15) is 43.0 Å². The van der Waals surface area contributed by atoms with E-state index in [1.54, 1.807) is 11.9 Å². The van der Waals surface area contributed by atoms with Crippen LogP contribution in [0.3, 0.4) is 0 Å². The third-order valence-electron chi connectivity index (χ3n) is 4.23. The Balaban J connectivity index is 2.26. The van der Waals surface area contributed by atoms with Crippen molar-refractivity contribution in [1.82, 2.24) is 9.88 Å². The minimum Gasteiger partial charge on any atom is -0.383 e. The van der Waals surface area contributed by atoms with Gasteiger partial charge in [0.25, 0.3) is 11.6 Å². The minimum atomic E-state index is -0.577. The van der Waals surface area contributed by atoms with Gasteiger partial charge in [-0.05, 0) is 18.8 Å². The summed E-state index contributed by atoms with van der Waals surface area (Å²) in [4.78, 5) is 28.2. The van der Waals surface area contributed by atoms with E-state index < -0.39 is 4.92 Å². The first-order valence-electron chi connectivity index (χ1n) is 7.09. The zero-order valence-electron chi connectivity index (χ0n) is 12.3. The summed E-state index contributed by atoms with van der Waals surface area (Å²) in [5.74, 6) is 0.143. The minimum absolute atomic E-state index is 0.0286. The van der Waals surface area contributed by atoms with Crippen LogP contribution in [0.15, 0.2) is 12.3 Å². The highest BCUT2D eigenvalue weighted by atomic mass is 16.6. The number of anilines is 1. The molecule has 1 aliphatic carbocycles. The molecule has 2 unspecified atom stereocenters. The molecule has 0 radical (unpaired) electrons. The van der Waals surface area contributed by atoms with Gasteiger partial charge in [-0.1, -0.05) is 19.8 Å². The molecule has 21 heavy (non-hydrogen) atoms. The molecule has 0 bridgehead atoms. The summed E-state index contributed by atoms with van der Waals surface area (Å²) < 4.78 is 0. The summed E-state index contributed by atoms with van der Waals surface area (Å²) >= 11 is 0. The number of carbonyl (C=O) groups is 1. The van der Waals surface area contributed by atoms with Crippen LogP contribution in [-0.2, 0) is 0 Å². The first-order valence-corrected chi connectivity index (χ1v) is 7.09. The second kappa shape index (κ2) is 6.07. The predicted octanol–water partition coefficient (Wildman–Crippen LogP) is 2.22. The lowest BCUT2D eigenvalue weighted by molar-refractivity contribution is -0.385. The van der Waals surface area contributed by atoms with E-state index in [4.69, 9.17) is 5.73 Å². The molecule has 1 aliphatic rings. The number of amides is 1. The van der Waals surface area contributed by atoms with Crippen molar-refractivity contribution in [2.75, 3.05) is 12.8 Å². The van der Waals surface area contributed by atoms with E-state index in [0.29, 0.717) is 5.92 Å². The molecule has 7 nitrogen and oxygen atoms in total.